The molecule has 1 amide bonds. The van der Waals surface area contributed by atoms with Gasteiger partial charge in [0.05, 0.1) is 11.0 Å². The Hall–Kier alpha value is -2.05. The lowest BCUT2D eigenvalue weighted by molar-refractivity contribution is -0.138. The van der Waals surface area contributed by atoms with Crippen LogP contribution in [-0.2, 0) is 11.3 Å². The number of rotatable bonds is 4. The highest BCUT2D eigenvalue weighted by atomic mass is 19.4. The van der Waals surface area contributed by atoms with Crippen molar-refractivity contribution in [1.82, 2.24) is 14.9 Å². The van der Waals surface area contributed by atoms with Crippen molar-refractivity contribution in [2.45, 2.75) is 31.5 Å². The minimum absolute atomic E-state index is 0.136. The molecule has 1 N–H and O–H groups in total. The number of halogens is 3. The average Bonchev–Trinajstić information content (AvgIpc) is 3.20. The summed E-state index contributed by atoms with van der Waals surface area (Å²) in [5.41, 5.74) is 1.55. The van der Waals surface area contributed by atoms with Crippen LogP contribution in [0.3, 0.4) is 0 Å². The van der Waals surface area contributed by atoms with E-state index in [0.717, 1.165) is 29.7 Å². The highest BCUT2D eigenvalue weighted by Gasteiger charge is 2.31. The molecule has 0 aliphatic heterocycles. The van der Waals surface area contributed by atoms with Crippen LogP contribution in [0, 0.1) is 0 Å². The van der Waals surface area contributed by atoms with Gasteiger partial charge in [-0.25, -0.2) is 4.98 Å². The number of aromatic nitrogens is 2. The maximum Gasteiger partial charge on any atom is 0.405 e. The summed E-state index contributed by atoms with van der Waals surface area (Å²) in [6.45, 7) is -1.44. The first-order chi connectivity index (χ1) is 9.94. The SMILES string of the molecule is O=C(Cn1c(C2CC2)nc2ccccc21)NCC(F)(F)F. The zero-order chi connectivity index (χ0) is 15.0. The minimum Gasteiger partial charge on any atom is -0.345 e. The van der Waals surface area contributed by atoms with E-state index in [9.17, 15) is 18.0 Å². The molecule has 0 atom stereocenters. The number of hydrogen-bond donors (Lipinski definition) is 1. The number of alkyl halides is 3. The molecule has 112 valence electrons. The summed E-state index contributed by atoms with van der Waals surface area (Å²) in [4.78, 5) is 16.2. The van der Waals surface area contributed by atoms with Crippen LogP contribution in [0.2, 0.25) is 0 Å². The molecule has 21 heavy (non-hydrogen) atoms. The van der Waals surface area contributed by atoms with E-state index in [0.29, 0.717) is 5.92 Å². The summed E-state index contributed by atoms with van der Waals surface area (Å²) >= 11 is 0. The van der Waals surface area contributed by atoms with Crippen LogP contribution in [0.4, 0.5) is 13.2 Å². The van der Waals surface area contributed by atoms with Crippen molar-refractivity contribution in [3.63, 3.8) is 0 Å². The normalized spacial score (nSPS) is 15.4. The second kappa shape index (κ2) is 5.05. The van der Waals surface area contributed by atoms with Crippen molar-refractivity contribution in [2.24, 2.45) is 0 Å². The number of nitrogens with one attached hydrogen (secondary N) is 1. The van der Waals surface area contributed by atoms with Gasteiger partial charge in [0.25, 0.3) is 0 Å². The van der Waals surface area contributed by atoms with Crippen LogP contribution in [0.25, 0.3) is 11.0 Å². The van der Waals surface area contributed by atoms with Crippen molar-refractivity contribution in [1.29, 1.82) is 0 Å². The second-order valence-corrected chi connectivity index (χ2v) is 5.21. The van der Waals surface area contributed by atoms with E-state index in [1.165, 1.54) is 0 Å². The molecule has 1 saturated carbocycles. The maximum atomic E-state index is 12.1. The fourth-order valence-electron chi connectivity index (χ4n) is 2.31. The standard InChI is InChI=1S/C14H14F3N3O/c15-14(16,17)8-18-12(21)7-20-11-4-2-1-3-10(11)19-13(20)9-5-6-9/h1-4,9H,5-8H2,(H,18,21). The van der Waals surface area contributed by atoms with Crippen molar-refractivity contribution < 1.29 is 18.0 Å². The smallest absolute Gasteiger partial charge is 0.345 e. The van der Waals surface area contributed by atoms with Crippen LogP contribution in [0.15, 0.2) is 24.3 Å². The number of carbonyl (C=O) groups is 1. The summed E-state index contributed by atoms with van der Waals surface area (Å²) < 4.78 is 38.1. The van der Waals surface area contributed by atoms with Gasteiger partial charge >= 0.3 is 6.18 Å². The van der Waals surface area contributed by atoms with Crippen LogP contribution in [-0.4, -0.2) is 28.2 Å². The fourth-order valence-corrected chi connectivity index (χ4v) is 2.31. The summed E-state index contributed by atoms with van der Waals surface area (Å²) in [6, 6.07) is 7.33. The van der Waals surface area contributed by atoms with Gasteiger partial charge < -0.3 is 9.88 Å². The van der Waals surface area contributed by atoms with Crippen molar-refractivity contribution in [3.8, 4) is 0 Å². The Morgan fingerprint density at radius 1 is 1.33 bits per heavy atom. The van der Waals surface area contributed by atoms with Gasteiger partial charge in [-0.05, 0) is 25.0 Å². The largest absolute Gasteiger partial charge is 0.405 e. The van der Waals surface area contributed by atoms with Gasteiger partial charge in [-0.1, -0.05) is 12.1 Å². The molecule has 0 saturated heterocycles. The molecule has 3 rings (SSSR count). The molecule has 0 spiro atoms. The quantitative estimate of drug-likeness (QED) is 0.943. The Kier molecular flexibility index (Phi) is 3.35. The first-order valence-corrected chi connectivity index (χ1v) is 6.72. The minimum atomic E-state index is -4.40. The van der Waals surface area contributed by atoms with E-state index < -0.39 is 18.6 Å². The number of imidazole rings is 1. The summed E-state index contributed by atoms with van der Waals surface area (Å²) in [6.07, 6.45) is -2.38. The molecule has 7 heteroatoms. The molecule has 1 aliphatic rings. The van der Waals surface area contributed by atoms with Crippen molar-refractivity contribution in [2.75, 3.05) is 6.54 Å². The van der Waals surface area contributed by atoms with E-state index in [-0.39, 0.29) is 6.54 Å². The molecule has 0 bridgehead atoms. The molecule has 0 radical (unpaired) electrons. The summed E-state index contributed by atoms with van der Waals surface area (Å²) in [5, 5.41) is 1.90. The Bertz CT molecular complexity index is 674. The van der Waals surface area contributed by atoms with Crippen molar-refractivity contribution >= 4 is 16.9 Å². The molecule has 1 aromatic carbocycles. The average molecular weight is 297 g/mol. The Labute approximate surface area is 119 Å². The molecule has 1 heterocycles. The van der Waals surface area contributed by atoms with Gasteiger partial charge in [0, 0.05) is 5.92 Å². The Morgan fingerprint density at radius 2 is 2.05 bits per heavy atom. The summed E-state index contributed by atoms with van der Waals surface area (Å²) in [5.74, 6) is 0.448. The topological polar surface area (TPSA) is 46.9 Å². The number of carbonyl (C=O) groups excluding carboxylic acids is 1. The third-order valence-corrected chi connectivity index (χ3v) is 3.41. The van der Waals surface area contributed by atoms with Gasteiger partial charge in [0.15, 0.2) is 0 Å². The fraction of sp³-hybridized carbons (Fsp3) is 0.429. The summed E-state index contributed by atoms with van der Waals surface area (Å²) in [7, 11) is 0. The molecule has 1 aliphatic carbocycles. The van der Waals surface area contributed by atoms with Crippen molar-refractivity contribution in [3.05, 3.63) is 30.1 Å². The van der Waals surface area contributed by atoms with E-state index in [4.69, 9.17) is 0 Å². The van der Waals surface area contributed by atoms with Gasteiger partial charge in [0.2, 0.25) is 5.91 Å². The number of para-hydroxylation sites is 2. The van der Waals surface area contributed by atoms with Gasteiger partial charge in [0.1, 0.15) is 18.9 Å². The highest BCUT2D eigenvalue weighted by Crippen LogP contribution is 2.40. The molecular formula is C14H14F3N3O. The van der Waals surface area contributed by atoms with E-state index in [2.05, 4.69) is 4.98 Å². The Morgan fingerprint density at radius 3 is 2.71 bits per heavy atom. The van der Waals surface area contributed by atoms with Crippen LogP contribution < -0.4 is 5.32 Å². The number of nitrogens with zero attached hydrogens (tertiary/aromatic N) is 2. The first kappa shape index (κ1) is 13.9. The van der Waals surface area contributed by atoms with E-state index >= 15 is 0 Å². The molecule has 4 nitrogen and oxygen atoms in total. The van der Waals surface area contributed by atoms with Gasteiger partial charge in [-0.15, -0.1) is 0 Å². The highest BCUT2D eigenvalue weighted by molar-refractivity contribution is 5.81. The lowest BCUT2D eigenvalue weighted by atomic mass is 10.3. The third kappa shape index (κ3) is 3.17. The van der Waals surface area contributed by atoms with Crippen LogP contribution >= 0.6 is 0 Å². The second-order valence-electron chi connectivity index (χ2n) is 5.21. The lowest BCUT2D eigenvalue weighted by Crippen LogP contribution is -2.36. The molecule has 1 aromatic heterocycles. The number of hydrogen-bond acceptors (Lipinski definition) is 2. The Balaban J connectivity index is 1.82. The van der Waals surface area contributed by atoms with Gasteiger partial charge in [-0.2, -0.15) is 13.2 Å². The first-order valence-electron chi connectivity index (χ1n) is 6.72. The third-order valence-electron chi connectivity index (χ3n) is 3.41. The number of amides is 1. The van der Waals surface area contributed by atoms with Crippen LogP contribution in [0.1, 0.15) is 24.6 Å². The molecule has 2 aromatic rings. The molecule has 0 unspecified atom stereocenters. The number of benzene rings is 1. The zero-order valence-corrected chi connectivity index (χ0v) is 11.2. The predicted octanol–water partition coefficient (Wildman–Crippen LogP) is 2.59. The monoisotopic (exact) mass is 297 g/mol. The maximum absolute atomic E-state index is 12.1. The van der Waals surface area contributed by atoms with Gasteiger partial charge in [-0.3, -0.25) is 4.79 Å². The van der Waals surface area contributed by atoms with E-state index in [1.54, 1.807) is 4.57 Å². The lowest BCUT2D eigenvalue weighted by Gasteiger charge is -2.11. The zero-order valence-electron chi connectivity index (χ0n) is 11.2. The molecular weight excluding hydrogens is 283 g/mol. The predicted molar refractivity (Wildman–Crippen MR) is 70.8 cm³/mol. The number of fused-ring (bicyclic) bond motifs is 1. The van der Waals surface area contributed by atoms with E-state index in [1.807, 2.05) is 29.6 Å². The molecule has 1 fully saturated rings. The van der Waals surface area contributed by atoms with Crippen LogP contribution in [0.5, 0.6) is 0 Å².